The van der Waals surface area contributed by atoms with E-state index >= 15 is 0 Å². The molecule has 1 heterocycles. The Bertz CT molecular complexity index is 461. The maximum Gasteiger partial charge on any atom is 0.187 e. The molecule has 0 saturated heterocycles. The summed E-state index contributed by atoms with van der Waals surface area (Å²) >= 11 is 1.56. The number of hydrogen-bond acceptors (Lipinski definition) is 5. The van der Waals surface area contributed by atoms with Crippen molar-refractivity contribution < 1.29 is 0 Å². The highest BCUT2D eigenvalue weighted by Gasteiger charge is 2.46. The Labute approximate surface area is 119 Å². The molecule has 1 aromatic rings. The third-order valence-corrected chi connectivity index (χ3v) is 4.27. The second-order valence-corrected chi connectivity index (χ2v) is 6.43. The van der Waals surface area contributed by atoms with Crippen LogP contribution in [-0.2, 0) is 0 Å². The van der Waals surface area contributed by atoms with Gasteiger partial charge in [0.25, 0.3) is 0 Å². The zero-order valence-electron chi connectivity index (χ0n) is 11.7. The standard InChI is InChI=1S/C14H20N4S/c1-10(2)18-14(8-15,12-4-5-12)9-19-13-16-6-11(3)7-17-13/h6-7,10,12,18H,4-5,9H2,1-3H3. The lowest BCUT2D eigenvalue weighted by molar-refractivity contribution is 0.370. The van der Waals surface area contributed by atoms with Crippen molar-refractivity contribution in [2.45, 2.75) is 50.4 Å². The fourth-order valence-electron chi connectivity index (χ4n) is 2.16. The van der Waals surface area contributed by atoms with Crippen molar-refractivity contribution in [1.29, 1.82) is 5.26 Å². The lowest BCUT2D eigenvalue weighted by Crippen LogP contribution is -2.51. The van der Waals surface area contributed by atoms with Crippen molar-refractivity contribution in [2.75, 3.05) is 5.75 Å². The zero-order chi connectivity index (χ0) is 13.9. The van der Waals surface area contributed by atoms with E-state index in [1.807, 2.05) is 19.3 Å². The van der Waals surface area contributed by atoms with Crippen LogP contribution >= 0.6 is 11.8 Å². The number of aryl methyl sites for hydroxylation is 1. The van der Waals surface area contributed by atoms with Crippen molar-refractivity contribution >= 4 is 11.8 Å². The number of hydrogen-bond donors (Lipinski definition) is 1. The van der Waals surface area contributed by atoms with Gasteiger partial charge in [-0.05, 0) is 45.1 Å². The molecule has 4 nitrogen and oxygen atoms in total. The molecule has 2 rings (SSSR count). The van der Waals surface area contributed by atoms with Crippen LogP contribution in [0.3, 0.4) is 0 Å². The molecule has 1 aliphatic rings. The SMILES string of the molecule is Cc1cnc(SCC(C#N)(NC(C)C)C2CC2)nc1. The molecule has 19 heavy (non-hydrogen) atoms. The molecule has 1 aromatic heterocycles. The van der Waals surface area contributed by atoms with Crippen LogP contribution in [-0.4, -0.2) is 27.3 Å². The molecule has 0 aromatic carbocycles. The Balaban J connectivity index is 2.04. The molecule has 0 spiro atoms. The third-order valence-electron chi connectivity index (χ3n) is 3.21. The minimum atomic E-state index is -0.437. The summed E-state index contributed by atoms with van der Waals surface area (Å²) < 4.78 is 0. The van der Waals surface area contributed by atoms with Gasteiger partial charge < -0.3 is 0 Å². The molecule has 1 N–H and O–H groups in total. The molecule has 0 amide bonds. The van der Waals surface area contributed by atoms with Crippen LogP contribution < -0.4 is 5.32 Å². The Kier molecular flexibility index (Phi) is 4.43. The molecular weight excluding hydrogens is 256 g/mol. The van der Waals surface area contributed by atoms with Gasteiger partial charge in [-0.15, -0.1) is 0 Å². The predicted octanol–water partition coefficient (Wildman–Crippen LogP) is 2.55. The first kappa shape index (κ1) is 14.3. The summed E-state index contributed by atoms with van der Waals surface area (Å²) in [5.74, 6) is 1.17. The Morgan fingerprint density at radius 1 is 1.47 bits per heavy atom. The van der Waals surface area contributed by atoms with Gasteiger partial charge in [0, 0.05) is 24.2 Å². The van der Waals surface area contributed by atoms with Gasteiger partial charge in [-0.3, -0.25) is 5.32 Å². The first-order valence-corrected chi connectivity index (χ1v) is 7.65. The average Bonchev–Trinajstić information content (AvgIpc) is 3.20. The van der Waals surface area contributed by atoms with Gasteiger partial charge in [0.1, 0.15) is 5.54 Å². The van der Waals surface area contributed by atoms with Crippen molar-refractivity contribution in [3.8, 4) is 6.07 Å². The molecule has 0 bridgehead atoms. The maximum atomic E-state index is 9.59. The molecule has 1 aliphatic carbocycles. The van der Waals surface area contributed by atoms with Gasteiger partial charge in [0.15, 0.2) is 5.16 Å². The van der Waals surface area contributed by atoms with Crippen LogP contribution in [0.4, 0.5) is 0 Å². The van der Waals surface area contributed by atoms with Crippen LogP contribution in [0.2, 0.25) is 0 Å². The molecule has 102 valence electrons. The monoisotopic (exact) mass is 276 g/mol. The van der Waals surface area contributed by atoms with Gasteiger partial charge in [0.2, 0.25) is 0 Å². The van der Waals surface area contributed by atoms with Gasteiger partial charge >= 0.3 is 0 Å². The van der Waals surface area contributed by atoms with E-state index in [2.05, 4.69) is 35.2 Å². The van der Waals surface area contributed by atoms with Crippen molar-refractivity contribution in [1.82, 2.24) is 15.3 Å². The highest BCUT2D eigenvalue weighted by Crippen LogP contribution is 2.42. The quantitative estimate of drug-likeness (QED) is 0.639. The third kappa shape index (κ3) is 3.68. The summed E-state index contributed by atoms with van der Waals surface area (Å²) in [5.41, 5.74) is 0.617. The topological polar surface area (TPSA) is 61.6 Å². The van der Waals surface area contributed by atoms with E-state index < -0.39 is 5.54 Å². The van der Waals surface area contributed by atoms with Crippen molar-refractivity contribution in [3.05, 3.63) is 18.0 Å². The van der Waals surface area contributed by atoms with E-state index in [0.29, 0.717) is 17.7 Å². The van der Waals surface area contributed by atoms with Crippen LogP contribution in [0, 0.1) is 24.2 Å². The minimum absolute atomic E-state index is 0.305. The van der Waals surface area contributed by atoms with Crippen LogP contribution in [0.1, 0.15) is 32.3 Å². The molecule has 1 fully saturated rings. The van der Waals surface area contributed by atoms with E-state index in [-0.39, 0.29) is 0 Å². The van der Waals surface area contributed by atoms with Crippen LogP contribution in [0.5, 0.6) is 0 Å². The first-order valence-electron chi connectivity index (χ1n) is 6.66. The molecule has 5 heteroatoms. The molecule has 1 atom stereocenters. The Morgan fingerprint density at radius 2 is 2.11 bits per heavy atom. The fourth-order valence-corrected chi connectivity index (χ4v) is 3.15. The maximum absolute atomic E-state index is 9.59. The van der Waals surface area contributed by atoms with Crippen molar-refractivity contribution in [3.63, 3.8) is 0 Å². The Hall–Kier alpha value is -1.12. The lowest BCUT2D eigenvalue weighted by atomic mass is 9.96. The average molecular weight is 276 g/mol. The van der Waals surface area contributed by atoms with Gasteiger partial charge in [-0.2, -0.15) is 5.26 Å². The molecule has 0 radical (unpaired) electrons. The van der Waals surface area contributed by atoms with Gasteiger partial charge in [-0.1, -0.05) is 11.8 Å². The number of nitriles is 1. The number of aromatic nitrogens is 2. The smallest absolute Gasteiger partial charge is 0.187 e. The minimum Gasteiger partial charge on any atom is -0.296 e. The second-order valence-electron chi connectivity index (χ2n) is 5.49. The lowest BCUT2D eigenvalue weighted by Gasteiger charge is -2.29. The summed E-state index contributed by atoms with van der Waals surface area (Å²) in [4.78, 5) is 8.58. The highest BCUT2D eigenvalue weighted by atomic mass is 32.2. The highest BCUT2D eigenvalue weighted by molar-refractivity contribution is 7.99. The van der Waals surface area contributed by atoms with E-state index in [1.54, 1.807) is 11.8 Å². The van der Waals surface area contributed by atoms with Gasteiger partial charge in [0.05, 0.1) is 6.07 Å². The molecule has 1 saturated carbocycles. The summed E-state index contributed by atoms with van der Waals surface area (Å²) in [6, 6.07) is 2.81. The number of rotatable bonds is 6. The van der Waals surface area contributed by atoms with E-state index in [4.69, 9.17) is 0 Å². The fraction of sp³-hybridized carbons (Fsp3) is 0.643. The molecular formula is C14H20N4S. The Morgan fingerprint density at radius 3 is 2.58 bits per heavy atom. The zero-order valence-corrected chi connectivity index (χ0v) is 12.5. The molecule has 1 unspecified atom stereocenters. The number of nitrogens with zero attached hydrogens (tertiary/aromatic N) is 3. The van der Waals surface area contributed by atoms with E-state index in [1.165, 1.54) is 0 Å². The summed E-state index contributed by atoms with van der Waals surface area (Å²) in [5, 5.41) is 13.8. The summed E-state index contributed by atoms with van der Waals surface area (Å²) in [6.45, 7) is 6.14. The van der Waals surface area contributed by atoms with Crippen molar-refractivity contribution in [2.24, 2.45) is 5.92 Å². The number of thioether (sulfide) groups is 1. The predicted molar refractivity (Wildman–Crippen MR) is 76.8 cm³/mol. The normalized spacial score (nSPS) is 18.1. The van der Waals surface area contributed by atoms with E-state index in [9.17, 15) is 5.26 Å². The largest absolute Gasteiger partial charge is 0.296 e. The van der Waals surface area contributed by atoms with Crippen LogP contribution in [0.15, 0.2) is 17.6 Å². The van der Waals surface area contributed by atoms with Gasteiger partial charge in [-0.25, -0.2) is 9.97 Å². The van der Waals surface area contributed by atoms with Crippen LogP contribution in [0.25, 0.3) is 0 Å². The second kappa shape index (κ2) is 5.89. The summed E-state index contributed by atoms with van der Waals surface area (Å²) in [7, 11) is 0. The van der Waals surface area contributed by atoms with E-state index in [0.717, 1.165) is 23.6 Å². The molecule has 0 aliphatic heterocycles. The first-order chi connectivity index (χ1) is 9.05. The number of nitrogens with one attached hydrogen (secondary N) is 1. The summed E-state index contributed by atoms with van der Waals surface area (Å²) in [6.07, 6.45) is 5.91.